The molecule has 1 fully saturated rings. The van der Waals surface area contributed by atoms with E-state index in [1.54, 1.807) is 11.8 Å². The highest BCUT2D eigenvalue weighted by Gasteiger charge is 2.29. The third-order valence-electron chi connectivity index (χ3n) is 5.68. The molecule has 0 atom stereocenters. The first kappa shape index (κ1) is 22.5. The molecule has 0 N–H and O–H groups in total. The van der Waals surface area contributed by atoms with Crippen LogP contribution in [-0.2, 0) is 21.4 Å². The number of ether oxygens (including phenoxy) is 2. The molecule has 0 aromatic heterocycles. The number of hydrogen-bond acceptors (Lipinski definition) is 6. The van der Waals surface area contributed by atoms with Crippen molar-refractivity contribution in [3.63, 3.8) is 0 Å². The Hall–Kier alpha value is -2.69. The van der Waals surface area contributed by atoms with E-state index in [0.717, 1.165) is 40.0 Å². The summed E-state index contributed by atoms with van der Waals surface area (Å²) >= 11 is 0. The van der Waals surface area contributed by atoms with Gasteiger partial charge in [-0.3, -0.25) is 9.69 Å². The number of fused-ring (bicyclic) bond motifs is 1. The highest BCUT2D eigenvalue weighted by atomic mass is 32.2. The van der Waals surface area contributed by atoms with Crippen LogP contribution in [0.4, 0.5) is 4.39 Å². The molecular formula is C22H26FN3O5S. The zero-order chi connectivity index (χ0) is 22.7. The summed E-state index contributed by atoms with van der Waals surface area (Å²) in [6.45, 7) is 5.00. The van der Waals surface area contributed by atoms with E-state index >= 15 is 0 Å². The maximum Gasteiger partial charge on any atom is 0.243 e. The topological polar surface area (TPSA) is 79.4 Å². The minimum absolute atomic E-state index is 0.0258. The van der Waals surface area contributed by atoms with Crippen LogP contribution in [-0.4, -0.2) is 74.5 Å². The van der Waals surface area contributed by atoms with Gasteiger partial charge < -0.3 is 14.4 Å². The molecule has 4 rings (SSSR count). The highest BCUT2D eigenvalue weighted by molar-refractivity contribution is 7.89. The molecular weight excluding hydrogens is 437 g/mol. The van der Waals surface area contributed by atoms with E-state index in [4.69, 9.17) is 9.47 Å². The zero-order valence-electron chi connectivity index (χ0n) is 17.9. The van der Waals surface area contributed by atoms with Gasteiger partial charge in [0.1, 0.15) is 5.82 Å². The van der Waals surface area contributed by atoms with Crippen LogP contribution in [0.15, 0.2) is 47.4 Å². The second-order valence-corrected chi connectivity index (χ2v) is 9.67. The van der Waals surface area contributed by atoms with Gasteiger partial charge in [-0.15, -0.1) is 0 Å². The molecule has 2 heterocycles. The lowest BCUT2D eigenvalue weighted by molar-refractivity contribution is -0.133. The van der Waals surface area contributed by atoms with Crippen molar-refractivity contribution in [1.29, 1.82) is 0 Å². The normalized spacial score (nSPS) is 16.5. The second-order valence-electron chi connectivity index (χ2n) is 7.73. The fraction of sp³-hybridized carbons (Fsp3) is 0.409. The lowest BCUT2D eigenvalue weighted by atomic mass is 10.1. The second kappa shape index (κ2) is 9.43. The van der Waals surface area contributed by atoms with Crippen LogP contribution in [0.5, 0.6) is 11.5 Å². The summed E-state index contributed by atoms with van der Waals surface area (Å²) < 4.78 is 50.7. The van der Waals surface area contributed by atoms with Crippen molar-refractivity contribution in [2.75, 3.05) is 46.1 Å². The van der Waals surface area contributed by atoms with Crippen LogP contribution in [0.2, 0.25) is 0 Å². The van der Waals surface area contributed by atoms with Gasteiger partial charge in [0.25, 0.3) is 0 Å². The Kier molecular flexibility index (Phi) is 6.63. The van der Waals surface area contributed by atoms with Crippen molar-refractivity contribution in [3.8, 4) is 11.5 Å². The number of nitrogens with zero attached hydrogens (tertiary/aromatic N) is 3. The van der Waals surface area contributed by atoms with E-state index in [2.05, 4.69) is 4.90 Å². The molecule has 1 amide bonds. The third kappa shape index (κ3) is 4.87. The van der Waals surface area contributed by atoms with E-state index in [0.29, 0.717) is 26.2 Å². The zero-order valence-corrected chi connectivity index (χ0v) is 18.7. The largest absolute Gasteiger partial charge is 0.454 e. The average molecular weight is 464 g/mol. The highest BCUT2D eigenvalue weighted by Crippen LogP contribution is 2.32. The molecule has 2 aromatic carbocycles. The summed E-state index contributed by atoms with van der Waals surface area (Å²) in [7, 11) is -3.87. The van der Waals surface area contributed by atoms with E-state index < -0.39 is 15.8 Å². The van der Waals surface area contributed by atoms with E-state index in [-0.39, 0.29) is 30.7 Å². The van der Waals surface area contributed by atoms with Gasteiger partial charge in [-0.2, -0.15) is 4.31 Å². The van der Waals surface area contributed by atoms with Crippen LogP contribution < -0.4 is 9.47 Å². The lowest BCUT2D eigenvalue weighted by Crippen LogP contribution is -2.51. The van der Waals surface area contributed by atoms with Gasteiger partial charge in [-0.05, 0) is 42.0 Å². The monoisotopic (exact) mass is 463 g/mol. The number of likely N-dealkylation sites (N-methyl/N-ethyl adjacent to an activating group) is 1. The van der Waals surface area contributed by atoms with Crippen molar-refractivity contribution in [2.45, 2.75) is 18.4 Å². The van der Waals surface area contributed by atoms with Gasteiger partial charge in [0.05, 0.1) is 11.4 Å². The molecule has 1 saturated heterocycles. The predicted molar refractivity (Wildman–Crippen MR) is 115 cm³/mol. The van der Waals surface area contributed by atoms with Crippen LogP contribution in [0, 0.1) is 5.82 Å². The molecule has 2 aromatic rings. The minimum Gasteiger partial charge on any atom is -0.454 e. The van der Waals surface area contributed by atoms with Gasteiger partial charge in [-0.25, -0.2) is 12.8 Å². The maximum absolute atomic E-state index is 13.2. The Balaban J connectivity index is 1.32. The van der Waals surface area contributed by atoms with Gasteiger partial charge in [-0.1, -0.05) is 13.0 Å². The Morgan fingerprint density at radius 2 is 1.72 bits per heavy atom. The quantitative estimate of drug-likeness (QED) is 0.624. The summed E-state index contributed by atoms with van der Waals surface area (Å²) in [4.78, 5) is 16.7. The number of rotatable bonds is 7. The number of sulfonamides is 1. The number of halogens is 1. The van der Waals surface area contributed by atoms with Crippen LogP contribution in [0.1, 0.15) is 12.5 Å². The molecule has 2 aliphatic rings. The van der Waals surface area contributed by atoms with Gasteiger partial charge >= 0.3 is 0 Å². The molecule has 10 heteroatoms. The molecule has 172 valence electrons. The molecule has 0 bridgehead atoms. The van der Waals surface area contributed by atoms with E-state index in [1.165, 1.54) is 12.1 Å². The van der Waals surface area contributed by atoms with Crippen LogP contribution in [0.3, 0.4) is 0 Å². The van der Waals surface area contributed by atoms with Crippen LogP contribution >= 0.6 is 0 Å². The molecule has 0 radical (unpaired) electrons. The first-order chi connectivity index (χ1) is 15.4. The van der Waals surface area contributed by atoms with Gasteiger partial charge in [0.2, 0.25) is 22.7 Å². The molecule has 2 aliphatic heterocycles. The van der Waals surface area contributed by atoms with Crippen molar-refractivity contribution >= 4 is 15.9 Å². The predicted octanol–water partition coefficient (Wildman–Crippen LogP) is 1.91. The van der Waals surface area contributed by atoms with Crippen molar-refractivity contribution in [1.82, 2.24) is 14.1 Å². The molecule has 32 heavy (non-hydrogen) atoms. The SMILES string of the molecule is CCN(CC(=O)N1CCN(Cc2ccc3c(c2)OCO3)CC1)S(=O)(=O)c1ccc(F)cc1. The summed E-state index contributed by atoms with van der Waals surface area (Å²) in [6, 6.07) is 10.5. The molecule has 0 saturated carbocycles. The standard InChI is InChI=1S/C22H26FN3O5S/c1-2-26(32(28,29)19-6-4-18(23)5-7-19)15-22(27)25-11-9-24(10-12-25)14-17-3-8-20-21(13-17)31-16-30-20/h3-8,13H,2,9-12,14-16H2,1H3. The molecule has 8 nitrogen and oxygen atoms in total. The third-order valence-corrected chi connectivity index (χ3v) is 7.62. The first-order valence-electron chi connectivity index (χ1n) is 10.5. The minimum atomic E-state index is -3.87. The Morgan fingerprint density at radius 1 is 1.03 bits per heavy atom. The Morgan fingerprint density at radius 3 is 2.41 bits per heavy atom. The lowest BCUT2D eigenvalue weighted by Gasteiger charge is -2.35. The first-order valence-corrected chi connectivity index (χ1v) is 11.9. The maximum atomic E-state index is 13.2. The molecule has 0 aliphatic carbocycles. The summed E-state index contributed by atoms with van der Waals surface area (Å²) in [5, 5.41) is 0. The van der Waals surface area contributed by atoms with Crippen LogP contribution in [0.25, 0.3) is 0 Å². The summed E-state index contributed by atoms with van der Waals surface area (Å²) in [5.41, 5.74) is 1.11. The molecule has 0 spiro atoms. The Labute approximate surface area is 187 Å². The summed E-state index contributed by atoms with van der Waals surface area (Å²) in [5.74, 6) is 0.750. The smallest absolute Gasteiger partial charge is 0.243 e. The van der Waals surface area contributed by atoms with Crippen molar-refractivity contribution < 1.29 is 27.1 Å². The van der Waals surface area contributed by atoms with Crippen molar-refractivity contribution in [2.24, 2.45) is 0 Å². The molecule has 0 unspecified atom stereocenters. The van der Waals surface area contributed by atoms with Gasteiger partial charge in [0.15, 0.2) is 11.5 Å². The number of hydrogen-bond donors (Lipinski definition) is 0. The van der Waals surface area contributed by atoms with E-state index in [9.17, 15) is 17.6 Å². The number of benzene rings is 2. The van der Waals surface area contributed by atoms with Crippen molar-refractivity contribution in [3.05, 3.63) is 53.8 Å². The fourth-order valence-electron chi connectivity index (χ4n) is 3.83. The van der Waals surface area contributed by atoms with Gasteiger partial charge in [0, 0.05) is 39.3 Å². The number of carbonyl (C=O) groups excluding carboxylic acids is 1. The number of carbonyl (C=O) groups is 1. The number of piperazine rings is 1. The summed E-state index contributed by atoms with van der Waals surface area (Å²) in [6.07, 6.45) is 0. The Bertz CT molecular complexity index is 1070. The fourth-order valence-corrected chi connectivity index (χ4v) is 5.22. The average Bonchev–Trinajstić information content (AvgIpc) is 3.26. The van der Waals surface area contributed by atoms with E-state index in [1.807, 2.05) is 18.2 Å². The number of amides is 1.